The van der Waals surface area contributed by atoms with Crippen LogP contribution in [0.25, 0.3) is 10.1 Å². The predicted octanol–water partition coefficient (Wildman–Crippen LogP) is 2.49. The second-order valence-electron chi connectivity index (χ2n) is 2.90. The van der Waals surface area contributed by atoms with Gasteiger partial charge in [-0.15, -0.1) is 24.0 Å². The van der Waals surface area contributed by atoms with Crippen LogP contribution in [0.3, 0.4) is 0 Å². The molecule has 2 nitrogen and oxygen atoms in total. The molecule has 0 unspecified atom stereocenters. The fourth-order valence-electron chi connectivity index (χ4n) is 1.46. The van der Waals surface area contributed by atoms with E-state index in [0.717, 1.165) is 21.9 Å². The van der Waals surface area contributed by atoms with E-state index in [1.807, 2.05) is 11.4 Å². The molecule has 14 heavy (non-hydrogen) atoms. The highest BCUT2D eigenvalue weighted by Crippen LogP contribution is 2.31. The van der Waals surface area contributed by atoms with Crippen LogP contribution < -0.4 is 0 Å². The molecule has 0 aliphatic carbocycles. The van der Waals surface area contributed by atoms with Crippen molar-refractivity contribution in [3.05, 3.63) is 28.6 Å². The molecule has 1 aromatic heterocycles. The molecule has 0 fully saturated rings. The van der Waals surface area contributed by atoms with E-state index >= 15 is 0 Å². The van der Waals surface area contributed by atoms with E-state index < -0.39 is 0 Å². The van der Waals surface area contributed by atoms with Crippen LogP contribution >= 0.6 is 24.0 Å². The van der Waals surface area contributed by atoms with Gasteiger partial charge in [0, 0.05) is 15.2 Å². The molecule has 1 heterocycles. The SMILES string of the molecule is O=Cc1cc(S)c(CO)c2ccsc12. The monoisotopic (exact) mass is 224 g/mol. The van der Waals surface area contributed by atoms with E-state index in [0.29, 0.717) is 10.5 Å². The first-order valence-electron chi connectivity index (χ1n) is 4.06. The summed E-state index contributed by atoms with van der Waals surface area (Å²) in [4.78, 5) is 11.4. The van der Waals surface area contributed by atoms with E-state index in [-0.39, 0.29) is 6.61 Å². The maximum Gasteiger partial charge on any atom is 0.151 e. The number of thiol groups is 1. The van der Waals surface area contributed by atoms with Gasteiger partial charge in [0.15, 0.2) is 6.29 Å². The van der Waals surface area contributed by atoms with Gasteiger partial charge in [-0.25, -0.2) is 0 Å². The second-order valence-corrected chi connectivity index (χ2v) is 4.30. The average molecular weight is 224 g/mol. The van der Waals surface area contributed by atoms with E-state index in [2.05, 4.69) is 12.6 Å². The quantitative estimate of drug-likeness (QED) is 0.607. The van der Waals surface area contributed by atoms with Crippen LogP contribution in [0.5, 0.6) is 0 Å². The number of aldehydes is 1. The van der Waals surface area contributed by atoms with Gasteiger partial charge in [-0.05, 0) is 28.5 Å². The lowest BCUT2D eigenvalue weighted by Gasteiger charge is -2.05. The number of carbonyl (C=O) groups excluding carboxylic acids is 1. The zero-order valence-electron chi connectivity index (χ0n) is 7.23. The summed E-state index contributed by atoms with van der Waals surface area (Å²) >= 11 is 5.74. The first-order chi connectivity index (χ1) is 6.77. The number of rotatable bonds is 2. The Hall–Kier alpha value is -0.840. The highest BCUT2D eigenvalue weighted by molar-refractivity contribution is 7.80. The van der Waals surface area contributed by atoms with Crippen LogP contribution in [0.1, 0.15) is 15.9 Å². The van der Waals surface area contributed by atoms with E-state index in [1.165, 1.54) is 11.3 Å². The van der Waals surface area contributed by atoms with Crippen LogP contribution in [-0.2, 0) is 6.61 Å². The van der Waals surface area contributed by atoms with Gasteiger partial charge in [-0.3, -0.25) is 4.79 Å². The minimum atomic E-state index is -0.0504. The van der Waals surface area contributed by atoms with Crippen LogP contribution in [0.15, 0.2) is 22.4 Å². The summed E-state index contributed by atoms with van der Waals surface area (Å²) in [5.41, 5.74) is 1.42. The first-order valence-corrected chi connectivity index (χ1v) is 5.38. The number of aliphatic hydroxyl groups is 1. The molecule has 2 rings (SSSR count). The fourth-order valence-corrected chi connectivity index (χ4v) is 2.69. The fraction of sp³-hybridized carbons (Fsp3) is 0.100. The van der Waals surface area contributed by atoms with Crippen molar-refractivity contribution in [2.24, 2.45) is 0 Å². The van der Waals surface area contributed by atoms with Crippen molar-refractivity contribution in [2.75, 3.05) is 0 Å². The van der Waals surface area contributed by atoms with Crippen molar-refractivity contribution in [1.29, 1.82) is 0 Å². The minimum absolute atomic E-state index is 0.0504. The van der Waals surface area contributed by atoms with E-state index in [1.54, 1.807) is 6.07 Å². The van der Waals surface area contributed by atoms with Gasteiger partial charge in [0.05, 0.1) is 6.61 Å². The molecular formula is C10H8O2S2. The normalized spacial score (nSPS) is 10.7. The van der Waals surface area contributed by atoms with Gasteiger partial charge in [0.2, 0.25) is 0 Å². The van der Waals surface area contributed by atoms with Crippen molar-refractivity contribution >= 4 is 40.3 Å². The van der Waals surface area contributed by atoms with Crippen molar-refractivity contribution < 1.29 is 9.90 Å². The zero-order chi connectivity index (χ0) is 10.1. The standard InChI is InChI=1S/C10H8O2S2/c11-4-6-3-9(13)8(5-12)7-1-2-14-10(6)7/h1-4,12-13H,5H2. The molecule has 0 aliphatic heterocycles. The van der Waals surface area contributed by atoms with Gasteiger partial charge >= 0.3 is 0 Å². The van der Waals surface area contributed by atoms with Gasteiger partial charge in [0.1, 0.15) is 0 Å². The molecule has 1 N–H and O–H groups in total. The third-order valence-electron chi connectivity index (χ3n) is 2.14. The molecule has 0 aliphatic rings. The summed E-state index contributed by atoms with van der Waals surface area (Å²) in [6.45, 7) is -0.0504. The largest absolute Gasteiger partial charge is 0.392 e. The van der Waals surface area contributed by atoms with Gasteiger partial charge < -0.3 is 5.11 Å². The summed E-state index contributed by atoms with van der Waals surface area (Å²) in [6.07, 6.45) is 0.819. The van der Waals surface area contributed by atoms with Gasteiger partial charge in [-0.1, -0.05) is 0 Å². The summed E-state index contributed by atoms with van der Waals surface area (Å²) in [5, 5.41) is 12.0. The molecule has 0 radical (unpaired) electrons. The van der Waals surface area contributed by atoms with E-state index in [9.17, 15) is 4.79 Å². The molecule has 0 bridgehead atoms. The molecule has 1 aromatic carbocycles. The summed E-state index contributed by atoms with van der Waals surface area (Å²) < 4.78 is 0.918. The van der Waals surface area contributed by atoms with Gasteiger partial charge in [-0.2, -0.15) is 0 Å². The maximum atomic E-state index is 10.8. The van der Waals surface area contributed by atoms with Crippen LogP contribution in [0, 0.1) is 0 Å². The van der Waals surface area contributed by atoms with Crippen molar-refractivity contribution in [3.63, 3.8) is 0 Å². The Morgan fingerprint density at radius 2 is 2.36 bits per heavy atom. The van der Waals surface area contributed by atoms with Gasteiger partial charge in [0.25, 0.3) is 0 Å². The Bertz CT molecular complexity index is 488. The number of hydrogen-bond donors (Lipinski definition) is 2. The number of benzene rings is 1. The molecule has 2 aromatic rings. The van der Waals surface area contributed by atoms with Crippen LogP contribution in [-0.4, -0.2) is 11.4 Å². The average Bonchev–Trinajstić information content (AvgIpc) is 2.65. The molecule has 0 saturated heterocycles. The predicted molar refractivity (Wildman–Crippen MR) is 60.4 cm³/mol. The molecule has 72 valence electrons. The Morgan fingerprint density at radius 1 is 1.57 bits per heavy atom. The molecule has 4 heteroatoms. The summed E-state index contributed by atoms with van der Waals surface area (Å²) in [5.74, 6) is 0. The Labute approximate surface area is 90.6 Å². The van der Waals surface area contributed by atoms with Crippen LogP contribution in [0.4, 0.5) is 0 Å². The third kappa shape index (κ3) is 1.35. The Balaban J connectivity index is 2.88. The molecule has 0 atom stereocenters. The highest BCUT2D eigenvalue weighted by Gasteiger charge is 2.09. The first kappa shape index (κ1) is 9.71. The number of fused-ring (bicyclic) bond motifs is 1. The third-order valence-corrected chi connectivity index (χ3v) is 3.50. The van der Waals surface area contributed by atoms with E-state index in [4.69, 9.17) is 5.11 Å². The topological polar surface area (TPSA) is 37.3 Å². The zero-order valence-corrected chi connectivity index (χ0v) is 8.94. The molecule has 0 spiro atoms. The maximum absolute atomic E-state index is 10.8. The number of hydrogen-bond acceptors (Lipinski definition) is 4. The molecule has 0 saturated carbocycles. The van der Waals surface area contributed by atoms with Crippen molar-refractivity contribution in [2.45, 2.75) is 11.5 Å². The number of aliphatic hydroxyl groups excluding tert-OH is 1. The molecular weight excluding hydrogens is 216 g/mol. The Kier molecular flexibility index (Phi) is 2.58. The second kappa shape index (κ2) is 3.73. The summed E-state index contributed by atoms with van der Waals surface area (Å²) in [7, 11) is 0. The smallest absolute Gasteiger partial charge is 0.151 e. The highest BCUT2D eigenvalue weighted by atomic mass is 32.1. The lowest BCUT2D eigenvalue weighted by atomic mass is 10.1. The molecule has 0 amide bonds. The summed E-state index contributed by atoms with van der Waals surface area (Å²) in [6, 6.07) is 3.60. The number of thiophene rings is 1. The number of carbonyl (C=O) groups is 1. The van der Waals surface area contributed by atoms with Crippen molar-refractivity contribution in [3.8, 4) is 0 Å². The minimum Gasteiger partial charge on any atom is -0.392 e. The van der Waals surface area contributed by atoms with Crippen LogP contribution in [0.2, 0.25) is 0 Å². The Morgan fingerprint density at radius 3 is 3.00 bits per heavy atom. The lowest BCUT2D eigenvalue weighted by molar-refractivity contribution is 0.112. The lowest BCUT2D eigenvalue weighted by Crippen LogP contribution is -1.90. The van der Waals surface area contributed by atoms with Crippen molar-refractivity contribution in [1.82, 2.24) is 0 Å².